The molecule has 0 bridgehead atoms. The van der Waals surface area contributed by atoms with Gasteiger partial charge in [-0.05, 0) is 54.8 Å². The highest BCUT2D eigenvalue weighted by atomic mass is 16.5. The Morgan fingerprint density at radius 3 is 2.13 bits per heavy atom. The summed E-state index contributed by atoms with van der Waals surface area (Å²) in [5.74, 6) is 1.56. The average molecular weight is 416 g/mol. The quantitative estimate of drug-likeness (QED) is 0.561. The van der Waals surface area contributed by atoms with Crippen LogP contribution in [0.2, 0.25) is 0 Å². The summed E-state index contributed by atoms with van der Waals surface area (Å²) in [7, 11) is 0. The third-order valence-corrected chi connectivity index (χ3v) is 5.51. The molecule has 1 saturated heterocycles. The van der Waals surface area contributed by atoms with Crippen molar-refractivity contribution in [3.05, 3.63) is 90.5 Å². The van der Waals surface area contributed by atoms with Gasteiger partial charge in [0.1, 0.15) is 11.5 Å². The van der Waals surface area contributed by atoms with Gasteiger partial charge in [-0.15, -0.1) is 0 Å². The number of amides is 1. The molecule has 3 aromatic rings. The molecular formula is C26H29N3O2. The van der Waals surface area contributed by atoms with E-state index in [0.29, 0.717) is 12.6 Å². The summed E-state index contributed by atoms with van der Waals surface area (Å²) in [4.78, 5) is 14.7. The minimum Gasteiger partial charge on any atom is -0.457 e. The van der Waals surface area contributed by atoms with Gasteiger partial charge in [0.15, 0.2) is 0 Å². The van der Waals surface area contributed by atoms with Crippen molar-refractivity contribution in [3.63, 3.8) is 0 Å². The summed E-state index contributed by atoms with van der Waals surface area (Å²) in [6.45, 7) is 3.19. The monoisotopic (exact) mass is 415 g/mol. The number of ether oxygens (including phenoxy) is 1. The Kier molecular flexibility index (Phi) is 7.32. The molecule has 1 aliphatic rings. The van der Waals surface area contributed by atoms with E-state index >= 15 is 0 Å². The predicted octanol–water partition coefficient (Wildman–Crippen LogP) is 4.67. The molecule has 4 rings (SSSR count). The van der Waals surface area contributed by atoms with Crippen LogP contribution >= 0.6 is 0 Å². The van der Waals surface area contributed by atoms with Gasteiger partial charge < -0.3 is 15.4 Å². The van der Waals surface area contributed by atoms with Crippen molar-refractivity contribution in [2.45, 2.75) is 25.4 Å². The second kappa shape index (κ2) is 10.8. The first kappa shape index (κ1) is 21.1. The number of likely N-dealkylation sites (tertiary alicyclic amines) is 1. The number of nitrogens with one attached hydrogen (secondary N) is 2. The number of hydrogen-bond donors (Lipinski definition) is 2. The summed E-state index contributed by atoms with van der Waals surface area (Å²) in [6.07, 6.45) is 2.12. The summed E-state index contributed by atoms with van der Waals surface area (Å²) in [5.41, 5.74) is 2.09. The number of carbonyl (C=O) groups is 1. The van der Waals surface area contributed by atoms with Crippen LogP contribution < -0.4 is 15.4 Å². The first-order valence-corrected chi connectivity index (χ1v) is 10.9. The van der Waals surface area contributed by atoms with E-state index < -0.39 is 0 Å². The molecule has 1 heterocycles. The second-order valence-electron chi connectivity index (χ2n) is 7.90. The van der Waals surface area contributed by atoms with E-state index in [-0.39, 0.29) is 5.91 Å². The van der Waals surface area contributed by atoms with Crippen molar-refractivity contribution >= 4 is 11.6 Å². The fourth-order valence-corrected chi connectivity index (χ4v) is 3.79. The van der Waals surface area contributed by atoms with Crippen LogP contribution in [-0.2, 0) is 11.3 Å². The van der Waals surface area contributed by atoms with Crippen LogP contribution in [0.25, 0.3) is 0 Å². The van der Waals surface area contributed by atoms with Gasteiger partial charge in [0, 0.05) is 31.4 Å². The largest absolute Gasteiger partial charge is 0.457 e. The van der Waals surface area contributed by atoms with Crippen LogP contribution in [0.4, 0.5) is 5.69 Å². The molecule has 1 amide bonds. The zero-order chi connectivity index (χ0) is 21.3. The maximum atomic E-state index is 12.4. The highest BCUT2D eigenvalue weighted by Gasteiger charge is 2.20. The molecule has 0 spiro atoms. The van der Waals surface area contributed by atoms with Crippen molar-refractivity contribution in [2.24, 2.45) is 0 Å². The van der Waals surface area contributed by atoms with E-state index in [0.717, 1.165) is 49.7 Å². The maximum absolute atomic E-state index is 12.4. The molecule has 160 valence electrons. The SMILES string of the molecule is O=C(CN1CCC(NCc2ccccc2)CC1)Nc1ccc(Oc2ccccc2)cc1. The first-order valence-electron chi connectivity index (χ1n) is 10.9. The Bertz CT molecular complexity index is 937. The molecule has 31 heavy (non-hydrogen) atoms. The van der Waals surface area contributed by atoms with Crippen LogP contribution in [0, 0.1) is 0 Å². The molecule has 0 radical (unpaired) electrons. The molecule has 1 aliphatic heterocycles. The zero-order valence-corrected chi connectivity index (χ0v) is 17.7. The Hall–Kier alpha value is -3.15. The lowest BCUT2D eigenvalue weighted by molar-refractivity contribution is -0.117. The van der Waals surface area contributed by atoms with Crippen molar-refractivity contribution in [1.29, 1.82) is 0 Å². The van der Waals surface area contributed by atoms with Crippen LogP contribution in [-0.4, -0.2) is 36.5 Å². The van der Waals surface area contributed by atoms with E-state index in [1.807, 2.05) is 60.7 Å². The number of hydrogen-bond acceptors (Lipinski definition) is 4. The normalized spacial score (nSPS) is 14.8. The highest BCUT2D eigenvalue weighted by molar-refractivity contribution is 5.92. The molecule has 5 heteroatoms. The number of rotatable bonds is 8. The van der Waals surface area contributed by atoms with Crippen molar-refractivity contribution in [3.8, 4) is 11.5 Å². The van der Waals surface area contributed by atoms with E-state index in [4.69, 9.17) is 4.74 Å². The summed E-state index contributed by atoms with van der Waals surface area (Å²) < 4.78 is 5.79. The summed E-state index contributed by atoms with van der Waals surface area (Å²) in [5, 5.41) is 6.62. The van der Waals surface area contributed by atoms with E-state index in [9.17, 15) is 4.79 Å². The average Bonchev–Trinajstić information content (AvgIpc) is 2.81. The predicted molar refractivity (Wildman–Crippen MR) is 124 cm³/mol. The van der Waals surface area contributed by atoms with Gasteiger partial charge >= 0.3 is 0 Å². The Balaban J connectivity index is 1.17. The van der Waals surface area contributed by atoms with E-state index in [1.165, 1.54) is 5.56 Å². The molecule has 0 aromatic heterocycles. The lowest BCUT2D eigenvalue weighted by Crippen LogP contribution is -2.44. The molecule has 1 fully saturated rings. The molecule has 0 atom stereocenters. The molecule has 3 aromatic carbocycles. The zero-order valence-electron chi connectivity index (χ0n) is 17.7. The van der Waals surface area contributed by atoms with Crippen molar-refractivity contribution < 1.29 is 9.53 Å². The number of benzene rings is 3. The highest BCUT2D eigenvalue weighted by Crippen LogP contribution is 2.22. The molecule has 2 N–H and O–H groups in total. The van der Waals surface area contributed by atoms with Gasteiger partial charge in [0.25, 0.3) is 0 Å². The molecule has 0 unspecified atom stereocenters. The number of carbonyl (C=O) groups excluding carboxylic acids is 1. The van der Waals surface area contributed by atoms with Gasteiger partial charge in [0.05, 0.1) is 6.54 Å². The van der Waals surface area contributed by atoms with Gasteiger partial charge in [0.2, 0.25) is 5.91 Å². The lowest BCUT2D eigenvalue weighted by Gasteiger charge is -2.32. The number of para-hydroxylation sites is 1. The fourth-order valence-electron chi connectivity index (χ4n) is 3.79. The van der Waals surface area contributed by atoms with E-state index in [1.54, 1.807) is 0 Å². The Morgan fingerprint density at radius 2 is 1.45 bits per heavy atom. The summed E-state index contributed by atoms with van der Waals surface area (Å²) in [6, 6.07) is 28.1. The lowest BCUT2D eigenvalue weighted by atomic mass is 10.0. The third kappa shape index (κ3) is 6.67. The van der Waals surface area contributed by atoms with Crippen LogP contribution in [0.3, 0.4) is 0 Å². The molecule has 0 aliphatic carbocycles. The second-order valence-corrected chi connectivity index (χ2v) is 7.90. The minimum atomic E-state index is 0.0208. The number of piperidine rings is 1. The van der Waals surface area contributed by atoms with E-state index in [2.05, 4.69) is 39.8 Å². The molecule has 0 saturated carbocycles. The van der Waals surface area contributed by atoms with Gasteiger partial charge in [-0.25, -0.2) is 0 Å². The Labute approximate surface area is 184 Å². The van der Waals surface area contributed by atoms with Gasteiger partial charge in [-0.1, -0.05) is 48.5 Å². The number of anilines is 1. The third-order valence-electron chi connectivity index (χ3n) is 5.51. The topological polar surface area (TPSA) is 53.6 Å². The van der Waals surface area contributed by atoms with Crippen LogP contribution in [0.5, 0.6) is 11.5 Å². The minimum absolute atomic E-state index is 0.0208. The van der Waals surface area contributed by atoms with Crippen LogP contribution in [0.1, 0.15) is 18.4 Å². The van der Waals surface area contributed by atoms with Crippen molar-refractivity contribution in [2.75, 3.05) is 25.0 Å². The molecular weight excluding hydrogens is 386 g/mol. The maximum Gasteiger partial charge on any atom is 0.238 e. The fraction of sp³-hybridized carbons (Fsp3) is 0.269. The first-order chi connectivity index (χ1) is 15.2. The van der Waals surface area contributed by atoms with Crippen molar-refractivity contribution in [1.82, 2.24) is 10.2 Å². The molecule has 5 nitrogen and oxygen atoms in total. The smallest absolute Gasteiger partial charge is 0.238 e. The van der Waals surface area contributed by atoms with Gasteiger partial charge in [-0.2, -0.15) is 0 Å². The Morgan fingerprint density at radius 1 is 0.839 bits per heavy atom. The number of nitrogens with zero attached hydrogens (tertiary/aromatic N) is 1. The standard InChI is InChI=1S/C26H29N3O2/c30-26(28-23-11-13-25(14-12-23)31-24-9-5-2-6-10-24)20-29-17-15-22(16-18-29)27-19-21-7-3-1-4-8-21/h1-14,22,27H,15-20H2,(H,28,30). The summed E-state index contributed by atoms with van der Waals surface area (Å²) >= 11 is 0. The van der Waals surface area contributed by atoms with Gasteiger partial charge in [-0.3, -0.25) is 9.69 Å². The van der Waals surface area contributed by atoms with Crippen LogP contribution in [0.15, 0.2) is 84.9 Å².